The van der Waals surface area contributed by atoms with Gasteiger partial charge in [-0.3, -0.25) is 0 Å². The van der Waals surface area contributed by atoms with E-state index in [1.807, 2.05) is 21.6 Å². The minimum atomic E-state index is 1.30. The van der Waals surface area contributed by atoms with Crippen LogP contribution in [0.25, 0.3) is 0 Å². The van der Waals surface area contributed by atoms with E-state index in [0.29, 0.717) is 0 Å². The lowest BCUT2D eigenvalue weighted by Gasteiger charge is -2.04. The van der Waals surface area contributed by atoms with Gasteiger partial charge < -0.3 is 0 Å². The zero-order valence-electron chi connectivity index (χ0n) is 9.44. The molecule has 82 valence electrons. The zero-order chi connectivity index (χ0) is 11.4. The predicted octanol–water partition coefficient (Wildman–Crippen LogP) is 5.10. The lowest BCUT2D eigenvalue weighted by Crippen LogP contribution is -1.75. The second-order valence-corrected chi connectivity index (χ2v) is 5.99. The van der Waals surface area contributed by atoms with E-state index in [-0.39, 0.29) is 0 Å². The Balaban J connectivity index is 2.02. The van der Waals surface area contributed by atoms with Crippen molar-refractivity contribution < 1.29 is 0 Å². The molecule has 0 fully saturated rings. The van der Waals surface area contributed by atoms with Crippen LogP contribution in [0.15, 0.2) is 58.3 Å². The first-order chi connectivity index (χ1) is 7.75. The highest BCUT2D eigenvalue weighted by atomic mass is 33.1. The van der Waals surface area contributed by atoms with Gasteiger partial charge in [0.15, 0.2) is 0 Å². The number of rotatable bonds is 3. The van der Waals surface area contributed by atoms with Crippen LogP contribution in [-0.2, 0) is 0 Å². The molecule has 0 aliphatic rings. The largest absolute Gasteiger partial charge is 0.0619 e. The van der Waals surface area contributed by atoms with Gasteiger partial charge in [-0.2, -0.15) is 0 Å². The second kappa shape index (κ2) is 5.46. The van der Waals surface area contributed by atoms with Gasteiger partial charge in [0, 0.05) is 9.79 Å². The van der Waals surface area contributed by atoms with Gasteiger partial charge in [-0.1, -0.05) is 57.5 Å². The van der Waals surface area contributed by atoms with E-state index in [1.54, 1.807) is 0 Å². The average molecular weight is 246 g/mol. The fraction of sp³-hybridized carbons (Fsp3) is 0.143. The lowest BCUT2D eigenvalue weighted by atomic mass is 10.2. The van der Waals surface area contributed by atoms with Gasteiger partial charge >= 0.3 is 0 Å². The number of hydrogen-bond acceptors (Lipinski definition) is 2. The second-order valence-electron chi connectivity index (χ2n) is 3.75. The molecule has 2 aromatic carbocycles. The van der Waals surface area contributed by atoms with Gasteiger partial charge in [0.25, 0.3) is 0 Å². The van der Waals surface area contributed by atoms with E-state index in [0.717, 1.165) is 0 Å². The van der Waals surface area contributed by atoms with Gasteiger partial charge in [0.05, 0.1) is 0 Å². The summed E-state index contributed by atoms with van der Waals surface area (Å²) in [5, 5.41) is 0. The SMILES string of the molecule is Cc1ccc(SSc2ccccc2C)cc1. The fourth-order valence-corrected chi connectivity index (χ4v) is 3.56. The summed E-state index contributed by atoms with van der Waals surface area (Å²) >= 11 is 0. The van der Waals surface area contributed by atoms with Crippen LogP contribution < -0.4 is 0 Å². The minimum absolute atomic E-state index is 1.30. The Labute approximate surface area is 105 Å². The summed E-state index contributed by atoms with van der Waals surface area (Å²) in [6.45, 7) is 4.26. The smallest absolute Gasteiger partial charge is 0.0215 e. The molecule has 0 amide bonds. The maximum absolute atomic E-state index is 2.17. The molecule has 0 unspecified atom stereocenters. The van der Waals surface area contributed by atoms with Crippen LogP contribution in [0.2, 0.25) is 0 Å². The summed E-state index contributed by atoms with van der Waals surface area (Å²) in [4.78, 5) is 2.65. The Kier molecular flexibility index (Phi) is 3.97. The lowest BCUT2D eigenvalue weighted by molar-refractivity contribution is 1.31. The first kappa shape index (κ1) is 11.6. The van der Waals surface area contributed by atoms with Crippen LogP contribution in [0.4, 0.5) is 0 Å². The molecule has 0 atom stereocenters. The maximum Gasteiger partial charge on any atom is 0.0215 e. The van der Waals surface area contributed by atoms with Gasteiger partial charge in [-0.05, 0) is 37.6 Å². The first-order valence-corrected chi connectivity index (χ1v) is 7.37. The molecule has 0 saturated carbocycles. The van der Waals surface area contributed by atoms with Gasteiger partial charge in [-0.15, -0.1) is 0 Å². The number of benzene rings is 2. The molecule has 0 aliphatic heterocycles. The Morgan fingerprint density at radius 3 is 2.12 bits per heavy atom. The van der Waals surface area contributed by atoms with E-state index in [2.05, 4.69) is 62.4 Å². The van der Waals surface area contributed by atoms with Gasteiger partial charge in [0.1, 0.15) is 0 Å². The Bertz CT molecular complexity index is 460. The molecular weight excluding hydrogens is 232 g/mol. The fourth-order valence-electron chi connectivity index (χ4n) is 1.34. The number of hydrogen-bond donors (Lipinski definition) is 0. The van der Waals surface area contributed by atoms with E-state index in [4.69, 9.17) is 0 Å². The van der Waals surface area contributed by atoms with Crippen molar-refractivity contribution in [2.45, 2.75) is 23.6 Å². The van der Waals surface area contributed by atoms with Crippen LogP contribution in [0.1, 0.15) is 11.1 Å². The third kappa shape index (κ3) is 3.06. The molecule has 2 aromatic rings. The van der Waals surface area contributed by atoms with Crippen LogP contribution in [0, 0.1) is 13.8 Å². The monoisotopic (exact) mass is 246 g/mol. The van der Waals surface area contributed by atoms with Gasteiger partial charge in [-0.25, -0.2) is 0 Å². The van der Waals surface area contributed by atoms with Gasteiger partial charge in [0.2, 0.25) is 0 Å². The molecule has 0 heterocycles. The topological polar surface area (TPSA) is 0 Å². The highest BCUT2D eigenvalue weighted by Crippen LogP contribution is 2.38. The summed E-state index contributed by atoms with van der Waals surface area (Å²) in [5.41, 5.74) is 2.65. The van der Waals surface area contributed by atoms with Crippen molar-refractivity contribution in [3.05, 3.63) is 59.7 Å². The normalized spacial score (nSPS) is 10.4. The van der Waals surface area contributed by atoms with Crippen molar-refractivity contribution >= 4 is 21.6 Å². The molecule has 2 rings (SSSR count). The van der Waals surface area contributed by atoms with E-state index < -0.39 is 0 Å². The summed E-state index contributed by atoms with van der Waals surface area (Å²) in [6, 6.07) is 17.1. The Morgan fingerprint density at radius 2 is 1.44 bits per heavy atom. The van der Waals surface area contributed by atoms with E-state index >= 15 is 0 Å². The van der Waals surface area contributed by atoms with Crippen molar-refractivity contribution in [2.24, 2.45) is 0 Å². The third-order valence-corrected chi connectivity index (χ3v) is 4.89. The molecule has 0 bridgehead atoms. The number of aryl methyl sites for hydroxylation is 2. The quantitative estimate of drug-likeness (QED) is 0.691. The van der Waals surface area contributed by atoms with Crippen molar-refractivity contribution in [3.8, 4) is 0 Å². The summed E-state index contributed by atoms with van der Waals surface area (Å²) < 4.78 is 0. The van der Waals surface area contributed by atoms with Crippen LogP contribution >= 0.6 is 21.6 Å². The molecule has 0 aromatic heterocycles. The maximum atomic E-state index is 2.17. The van der Waals surface area contributed by atoms with Crippen molar-refractivity contribution in [1.29, 1.82) is 0 Å². The average Bonchev–Trinajstić information content (AvgIpc) is 2.30. The summed E-state index contributed by atoms with van der Waals surface area (Å²) in [6.07, 6.45) is 0. The Morgan fingerprint density at radius 1 is 0.750 bits per heavy atom. The molecule has 0 nitrogen and oxygen atoms in total. The molecule has 0 saturated heterocycles. The van der Waals surface area contributed by atoms with Crippen molar-refractivity contribution in [3.63, 3.8) is 0 Å². The zero-order valence-corrected chi connectivity index (χ0v) is 11.1. The predicted molar refractivity (Wildman–Crippen MR) is 74.1 cm³/mol. The molecular formula is C14H14S2. The molecule has 0 radical (unpaired) electrons. The highest BCUT2D eigenvalue weighted by molar-refractivity contribution is 8.76. The Hall–Kier alpha value is -0.860. The molecule has 0 spiro atoms. The van der Waals surface area contributed by atoms with Crippen molar-refractivity contribution in [2.75, 3.05) is 0 Å². The van der Waals surface area contributed by atoms with Crippen molar-refractivity contribution in [1.82, 2.24) is 0 Å². The van der Waals surface area contributed by atoms with Crippen LogP contribution in [-0.4, -0.2) is 0 Å². The molecule has 2 heteroatoms. The molecule has 0 N–H and O–H groups in total. The minimum Gasteiger partial charge on any atom is -0.0619 e. The first-order valence-electron chi connectivity index (χ1n) is 5.22. The standard InChI is InChI=1S/C14H14S2/c1-11-7-9-13(10-8-11)15-16-14-6-4-3-5-12(14)2/h3-10H,1-2H3. The highest BCUT2D eigenvalue weighted by Gasteiger charge is 1.99. The third-order valence-electron chi connectivity index (χ3n) is 2.34. The summed E-state index contributed by atoms with van der Waals surface area (Å²) in [5.74, 6) is 0. The van der Waals surface area contributed by atoms with Crippen LogP contribution in [0.5, 0.6) is 0 Å². The molecule has 16 heavy (non-hydrogen) atoms. The van der Waals surface area contributed by atoms with E-state index in [1.165, 1.54) is 20.9 Å². The van der Waals surface area contributed by atoms with Crippen LogP contribution in [0.3, 0.4) is 0 Å². The summed E-state index contributed by atoms with van der Waals surface area (Å²) in [7, 11) is 3.64. The van der Waals surface area contributed by atoms with E-state index in [9.17, 15) is 0 Å². The molecule has 0 aliphatic carbocycles.